The van der Waals surface area contributed by atoms with E-state index < -0.39 is 6.04 Å². The molecule has 5 nitrogen and oxygen atoms in total. The fraction of sp³-hybridized carbons (Fsp3) is 0.429. The van der Waals surface area contributed by atoms with Crippen LogP contribution < -0.4 is 16.4 Å². The molecule has 0 spiro atoms. The minimum Gasteiger partial charge on any atom is -0.353 e. The molecule has 0 fully saturated rings. The van der Waals surface area contributed by atoms with Crippen molar-refractivity contribution >= 4 is 23.4 Å². The zero-order chi connectivity index (χ0) is 15.1. The van der Waals surface area contributed by atoms with E-state index in [9.17, 15) is 9.59 Å². The zero-order valence-electron chi connectivity index (χ0n) is 11.7. The number of hydrogen-bond acceptors (Lipinski definition) is 3. The van der Waals surface area contributed by atoms with Crippen LogP contribution >= 0.6 is 11.6 Å². The SMILES string of the molecule is CC(C)[C@H](N)C(=O)NCCNC(=O)c1ccc(Cl)cc1. The molecule has 4 N–H and O–H groups in total. The number of carbonyl (C=O) groups is 2. The first kappa shape index (κ1) is 16.5. The lowest BCUT2D eigenvalue weighted by molar-refractivity contribution is -0.123. The quantitative estimate of drug-likeness (QED) is 0.689. The van der Waals surface area contributed by atoms with Crippen molar-refractivity contribution in [3.8, 4) is 0 Å². The van der Waals surface area contributed by atoms with Gasteiger partial charge in [-0.25, -0.2) is 0 Å². The molecule has 0 aromatic heterocycles. The highest BCUT2D eigenvalue weighted by atomic mass is 35.5. The molecular formula is C14H20ClN3O2. The van der Waals surface area contributed by atoms with Crippen molar-refractivity contribution in [2.75, 3.05) is 13.1 Å². The molecule has 20 heavy (non-hydrogen) atoms. The van der Waals surface area contributed by atoms with Gasteiger partial charge < -0.3 is 16.4 Å². The molecule has 0 aliphatic rings. The van der Waals surface area contributed by atoms with Gasteiger partial charge in [-0.05, 0) is 30.2 Å². The van der Waals surface area contributed by atoms with Crippen LogP contribution in [0.1, 0.15) is 24.2 Å². The maximum absolute atomic E-state index is 11.8. The molecule has 0 aliphatic carbocycles. The van der Waals surface area contributed by atoms with Crippen LogP contribution in [0.3, 0.4) is 0 Å². The van der Waals surface area contributed by atoms with E-state index in [1.165, 1.54) is 0 Å². The number of amides is 2. The Kier molecular flexibility index (Phi) is 6.48. The largest absolute Gasteiger partial charge is 0.353 e. The van der Waals surface area contributed by atoms with Crippen LogP contribution in [0.25, 0.3) is 0 Å². The standard InChI is InChI=1S/C14H20ClN3O2/c1-9(2)12(16)14(20)18-8-7-17-13(19)10-3-5-11(15)6-4-10/h3-6,9,12H,7-8,16H2,1-2H3,(H,17,19)(H,18,20)/t12-/m0/s1. The van der Waals surface area contributed by atoms with Crippen LogP contribution in [0, 0.1) is 5.92 Å². The number of hydrogen-bond donors (Lipinski definition) is 3. The topological polar surface area (TPSA) is 84.2 Å². The first-order valence-corrected chi connectivity index (χ1v) is 6.86. The van der Waals surface area contributed by atoms with Gasteiger partial charge in [0.25, 0.3) is 5.91 Å². The van der Waals surface area contributed by atoms with E-state index in [4.69, 9.17) is 17.3 Å². The molecule has 1 aromatic carbocycles. The van der Waals surface area contributed by atoms with Gasteiger partial charge >= 0.3 is 0 Å². The normalized spacial score (nSPS) is 12.1. The summed E-state index contributed by atoms with van der Waals surface area (Å²) >= 11 is 5.74. The Morgan fingerprint density at radius 1 is 1.15 bits per heavy atom. The van der Waals surface area contributed by atoms with Gasteiger partial charge in [0.2, 0.25) is 5.91 Å². The van der Waals surface area contributed by atoms with E-state index in [0.29, 0.717) is 23.7 Å². The van der Waals surface area contributed by atoms with E-state index in [1.807, 2.05) is 13.8 Å². The Morgan fingerprint density at radius 3 is 2.25 bits per heavy atom. The summed E-state index contributed by atoms with van der Waals surface area (Å²) in [7, 11) is 0. The molecule has 0 unspecified atom stereocenters. The molecule has 2 amide bonds. The highest BCUT2D eigenvalue weighted by Crippen LogP contribution is 2.09. The monoisotopic (exact) mass is 297 g/mol. The van der Waals surface area contributed by atoms with E-state index in [1.54, 1.807) is 24.3 Å². The Balaban J connectivity index is 2.29. The first-order valence-electron chi connectivity index (χ1n) is 6.49. The molecule has 110 valence electrons. The third-order valence-corrected chi connectivity index (χ3v) is 3.09. The predicted octanol–water partition coefficient (Wildman–Crippen LogP) is 1.17. The summed E-state index contributed by atoms with van der Waals surface area (Å²) < 4.78 is 0. The maximum atomic E-state index is 11.8. The van der Waals surface area contributed by atoms with Gasteiger partial charge in [-0.1, -0.05) is 25.4 Å². The van der Waals surface area contributed by atoms with Crippen LogP contribution in [0.15, 0.2) is 24.3 Å². The molecule has 1 atom stereocenters. The summed E-state index contributed by atoms with van der Waals surface area (Å²) in [6.07, 6.45) is 0. The van der Waals surface area contributed by atoms with E-state index in [0.717, 1.165) is 0 Å². The Morgan fingerprint density at radius 2 is 1.70 bits per heavy atom. The highest BCUT2D eigenvalue weighted by molar-refractivity contribution is 6.30. The minimum atomic E-state index is -0.526. The molecule has 0 saturated heterocycles. The second-order valence-corrected chi connectivity index (χ2v) is 5.26. The summed E-state index contributed by atoms with van der Waals surface area (Å²) in [5.74, 6) is -0.330. The number of nitrogens with one attached hydrogen (secondary N) is 2. The molecule has 0 radical (unpaired) electrons. The Labute approximate surface area is 123 Å². The summed E-state index contributed by atoms with van der Waals surface area (Å²) in [6, 6.07) is 6.07. The summed E-state index contributed by atoms with van der Waals surface area (Å²) in [6.45, 7) is 4.45. The van der Waals surface area contributed by atoms with Gasteiger partial charge in [0.15, 0.2) is 0 Å². The molecular weight excluding hydrogens is 278 g/mol. The molecule has 1 aromatic rings. The number of halogens is 1. The van der Waals surface area contributed by atoms with Crippen LogP contribution in [0.4, 0.5) is 0 Å². The first-order chi connectivity index (χ1) is 9.41. The number of carbonyl (C=O) groups excluding carboxylic acids is 2. The second-order valence-electron chi connectivity index (χ2n) is 4.82. The zero-order valence-corrected chi connectivity index (χ0v) is 12.4. The highest BCUT2D eigenvalue weighted by Gasteiger charge is 2.16. The minimum absolute atomic E-state index is 0.0821. The fourth-order valence-corrected chi connectivity index (χ4v) is 1.61. The number of nitrogens with two attached hydrogens (primary N) is 1. The maximum Gasteiger partial charge on any atom is 0.251 e. The molecule has 0 bridgehead atoms. The Bertz CT molecular complexity index is 460. The molecule has 6 heteroatoms. The van der Waals surface area contributed by atoms with E-state index in [2.05, 4.69) is 10.6 Å². The summed E-state index contributed by atoms with van der Waals surface area (Å²) in [5.41, 5.74) is 6.22. The Hall–Kier alpha value is -1.59. The van der Waals surface area contributed by atoms with Gasteiger partial charge in [-0.2, -0.15) is 0 Å². The van der Waals surface area contributed by atoms with Crippen molar-refractivity contribution in [1.29, 1.82) is 0 Å². The van der Waals surface area contributed by atoms with Crippen molar-refractivity contribution in [3.05, 3.63) is 34.9 Å². The lowest BCUT2D eigenvalue weighted by atomic mass is 10.1. The third kappa shape index (κ3) is 5.19. The predicted molar refractivity (Wildman–Crippen MR) is 79.6 cm³/mol. The smallest absolute Gasteiger partial charge is 0.251 e. The third-order valence-electron chi connectivity index (χ3n) is 2.84. The van der Waals surface area contributed by atoms with Crippen molar-refractivity contribution in [1.82, 2.24) is 10.6 Å². The van der Waals surface area contributed by atoms with Gasteiger partial charge in [-0.3, -0.25) is 9.59 Å². The van der Waals surface area contributed by atoms with Crippen LogP contribution in [0.5, 0.6) is 0 Å². The molecule has 0 heterocycles. The van der Waals surface area contributed by atoms with Gasteiger partial charge in [0.05, 0.1) is 6.04 Å². The lowest BCUT2D eigenvalue weighted by Gasteiger charge is -2.15. The summed E-state index contributed by atoms with van der Waals surface area (Å²) in [5, 5.41) is 5.96. The van der Waals surface area contributed by atoms with Crippen LogP contribution in [-0.4, -0.2) is 30.9 Å². The average Bonchev–Trinajstić information content (AvgIpc) is 2.42. The van der Waals surface area contributed by atoms with Crippen LogP contribution in [0.2, 0.25) is 5.02 Å². The van der Waals surface area contributed by atoms with Crippen LogP contribution in [-0.2, 0) is 4.79 Å². The fourth-order valence-electron chi connectivity index (χ4n) is 1.49. The van der Waals surface area contributed by atoms with Crippen molar-refractivity contribution < 1.29 is 9.59 Å². The molecule has 1 rings (SSSR count). The number of rotatable bonds is 6. The second kappa shape index (κ2) is 7.87. The van der Waals surface area contributed by atoms with Gasteiger partial charge in [0.1, 0.15) is 0 Å². The molecule has 0 aliphatic heterocycles. The number of benzene rings is 1. The average molecular weight is 298 g/mol. The van der Waals surface area contributed by atoms with E-state index >= 15 is 0 Å². The van der Waals surface area contributed by atoms with Gasteiger partial charge in [-0.15, -0.1) is 0 Å². The molecule has 0 saturated carbocycles. The van der Waals surface area contributed by atoms with Crippen molar-refractivity contribution in [3.63, 3.8) is 0 Å². The van der Waals surface area contributed by atoms with E-state index in [-0.39, 0.29) is 17.7 Å². The van der Waals surface area contributed by atoms with Gasteiger partial charge in [0, 0.05) is 23.7 Å². The van der Waals surface area contributed by atoms with Crippen molar-refractivity contribution in [2.45, 2.75) is 19.9 Å². The van der Waals surface area contributed by atoms with Crippen molar-refractivity contribution in [2.24, 2.45) is 11.7 Å². The lowest BCUT2D eigenvalue weighted by Crippen LogP contribution is -2.46. The summed E-state index contributed by atoms with van der Waals surface area (Å²) in [4.78, 5) is 23.3.